The van der Waals surface area contributed by atoms with Gasteiger partial charge in [-0.05, 0) is 12.8 Å². The first-order chi connectivity index (χ1) is 7.11. The maximum Gasteiger partial charge on any atom is 0.335 e. The standard InChI is InChI=1S/C10H18O5/c1-3-5-14-9(12)7-8(11)10(13)15-6-4-2/h8,11H,3-7H2,1-2H3. The fraction of sp³-hybridized carbons (Fsp3) is 0.800. The number of carbonyl (C=O) groups is 2. The molecule has 15 heavy (non-hydrogen) atoms. The molecule has 5 nitrogen and oxygen atoms in total. The van der Waals surface area contributed by atoms with Gasteiger partial charge in [0.2, 0.25) is 0 Å². The Morgan fingerprint density at radius 1 is 1.13 bits per heavy atom. The largest absolute Gasteiger partial charge is 0.466 e. The number of esters is 2. The smallest absolute Gasteiger partial charge is 0.335 e. The number of aliphatic hydroxyl groups is 1. The van der Waals surface area contributed by atoms with Crippen molar-refractivity contribution in [3.05, 3.63) is 0 Å². The van der Waals surface area contributed by atoms with Gasteiger partial charge in [0.1, 0.15) is 0 Å². The number of rotatable bonds is 7. The highest BCUT2D eigenvalue weighted by atomic mass is 16.6. The van der Waals surface area contributed by atoms with Gasteiger partial charge < -0.3 is 14.6 Å². The van der Waals surface area contributed by atoms with Crippen LogP contribution in [0.3, 0.4) is 0 Å². The number of hydrogen-bond acceptors (Lipinski definition) is 5. The van der Waals surface area contributed by atoms with Crippen LogP contribution in [0, 0.1) is 0 Å². The van der Waals surface area contributed by atoms with Crippen LogP contribution in [0.5, 0.6) is 0 Å². The van der Waals surface area contributed by atoms with E-state index < -0.39 is 18.0 Å². The lowest BCUT2D eigenvalue weighted by atomic mass is 10.2. The van der Waals surface area contributed by atoms with Gasteiger partial charge >= 0.3 is 11.9 Å². The summed E-state index contributed by atoms with van der Waals surface area (Å²) in [5.41, 5.74) is 0. The molecule has 0 fully saturated rings. The molecule has 5 heteroatoms. The van der Waals surface area contributed by atoms with Gasteiger partial charge in [-0.2, -0.15) is 0 Å². The molecule has 0 aromatic carbocycles. The van der Waals surface area contributed by atoms with Gasteiger partial charge in [0.05, 0.1) is 19.6 Å². The van der Waals surface area contributed by atoms with Crippen molar-refractivity contribution in [2.45, 2.75) is 39.2 Å². The van der Waals surface area contributed by atoms with E-state index in [9.17, 15) is 14.7 Å². The second-order valence-corrected chi connectivity index (χ2v) is 3.11. The second-order valence-electron chi connectivity index (χ2n) is 3.11. The molecule has 0 saturated heterocycles. The van der Waals surface area contributed by atoms with Gasteiger partial charge in [-0.25, -0.2) is 4.79 Å². The van der Waals surface area contributed by atoms with E-state index in [0.29, 0.717) is 19.4 Å². The number of hydrogen-bond donors (Lipinski definition) is 1. The van der Waals surface area contributed by atoms with Crippen LogP contribution >= 0.6 is 0 Å². The van der Waals surface area contributed by atoms with Crippen LogP contribution < -0.4 is 0 Å². The molecule has 0 saturated carbocycles. The normalized spacial score (nSPS) is 11.9. The molecule has 0 aliphatic rings. The maximum atomic E-state index is 11.0. The molecular weight excluding hydrogens is 200 g/mol. The maximum absolute atomic E-state index is 11.0. The van der Waals surface area contributed by atoms with E-state index in [2.05, 4.69) is 4.74 Å². The summed E-state index contributed by atoms with van der Waals surface area (Å²) in [6.45, 7) is 4.25. The van der Waals surface area contributed by atoms with Gasteiger partial charge in [0.15, 0.2) is 6.10 Å². The zero-order valence-corrected chi connectivity index (χ0v) is 9.19. The lowest BCUT2D eigenvalue weighted by Gasteiger charge is -2.09. The van der Waals surface area contributed by atoms with Crippen molar-refractivity contribution >= 4 is 11.9 Å². The summed E-state index contributed by atoms with van der Waals surface area (Å²) in [5, 5.41) is 9.24. The van der Waals surface area contributed by atoms with Crippen molar-refractivity contribution in [1.82, 2.24) is 0 Å². The predicted molar refractivity (Wildman–Crippen MR) is 53.1 cm³/mol. The summed E-state index contributed by atoms with van der Waals surface area (Å²) in [6, 6.07) is 0. The number of ether oxygens (including phenoxy) is 2. The molecule has 0 spiro atoms. The molecule has 0 aromatic rings. The van der Waals surface area contributed by atoms with Gasteiger partial charge in [0.25, 0.3) is 0 Å². The van der Waals surface area contributed by atoms with E-state index >= 15 is 0 Å². The molecule has 0 aliphatic heterocycles. The Balaban J connectivity index is 3.75. The fourth-order valence-electron chi connectivity index (χ4n) is 0.815. The first-order valence-electron chi connectivity index (χ1n) is 5.12. The third-order valence-electron chi connectivity index (χ3n) is 1.55. The van der Waals surface area contributed by atoms with Crippen LogP contribution in [-0.4, -0.2) is 36.4 Å². The fourth-order valence-corrected chi connectivity index (χ4v) is 0.815. The van der Waals surface area contributed by atoms with Gasteiger partial charge in [-0.1, -0.05) is 13.8 Å². The average molecular weight is 218 g/mol. The zero-order valence-electron chi connectivity index (χ0n) is 9.19. The van der Waals surface area contributed by atoms with Crippen LogP contribution in [0.15, 0.2) is 0 Å². The minimum atomic E-state index is -1.42. The van der Waals surface area contributed by atoms with Gasteiger partial charge in [-0.3, -0.25) is 4.79 Å². The molecule has 0 radical (unpaired) electrons. The van der Waals surface area contributed by atoms with E-state index in [1.807, 2.05) is 13.8 Å². The SMILES string of the molecule is CCCOC(=O)CC(O)C(=O)OCCC. The lowest BCUT2D eigenvalue weighted by molar-refractivity contribution is -0.160. The summed E-state index contributed by atoms with van der Waals surface area (Å²) in [7, 11) is 0. The van der Waals surface area contributed by atoms with Crippen LogP contribution in [-0.2, 0) is 19.1 Å². The Morgan fingerprint density at radius 2 is 1.67 bits per heavy atom. The van der Waals surface area contributed by atoms with E-state index in [4.69, 9.17) is 4.74 Å². The molecule has 0 bridgehead atoms. The first kappa shape index (κ1) is 13.9. The first-order valence-corrected chi connectivity index (χ1v) is 5.12. The molecular formula is C10H18O5. The van der Waals surface area contributed by atoms with Crippen molar-refractivity contribution in [1.29, 1.82) is 0 Å². The Labute approximate surface area is 89.4 Å². The highest BCUT2D eigenvalue weighted by molar-refractivity contribution is 5.81. The summed E-state index contributed by atoms with van der Waals surface area (Å²) in [4.78, 5) is 22.0. The average Bonchev–Trinajstić information content (AvgIpc) is 2.22. The molecule has 1 N–H and O–H groups in total. The monoisotopic (exact) mass is 218 g/mol. The van der Waals surface area contributed by atoms with Crippen molar-refractivity contribution in [2.75, 3.05) is 13.2 Å². The minimum absolute atomic E-state index is 0.250. The molecule has 0 aliphatic carbocycles. The molecule has 1 atom stereocenters. The third kappa shape index (κ3) is 6.90. The lowest BCUT2D eigenvalue weighted by Crippen LogP contribution is -2.27. The molecule has 0 rings (SSSR count). The molecule has 1 unspecified atom stereocenters. The molecule has 0 aromatic heterocycles. The van der Waals surface area contributed by atoms with Crippen molar-refractivity contribution in [2.24, 2.45) is 0 Å². The summed E-state index contributed by atoms with van der Waals surface area (Å²) >= 11 is 0. The Morgan fingerprint density at radius 3 is 2.20 bits per heavy atom. The zero-order chi connectivity index (χ0) is 11.7. The van der Waals surface area contributed by atoms with Gasteiger partial charge in [0, 0.05) is 0 Å². The van der Waals surface area contributed by atoms with Crippen LogP contribution in [0.1, 0.15) is 33.1 Å². The van der Waals surface area contributed by atoms with E-state index in [1.54, 1.807) is 0 Å². The topological polar surface area (TPSA) is 72.8 Å². The molecule has 0 heterocycles. The highest BCUT2D eigenvalue weighted by Crippen LogP contribution is 1.99. The van der Waals surface area contributed by atoms with Crippen LogP contribution in [0.2, 0.25) is 0 Å². The van der Waals surface area contributed by atoms with E-state index in [-0.39, 0.29) is 13.0 Å². The Kier molecular flexibility index (Phi) is 7.62. The van der Waals surface area contributed by atoms with E-state index in [0.717, 1.165) is 0 Å². The van der Waals surface area contributed by atoms with Crippen molar-refractivity contribution < 1.29 is 24.2 Å². The summed E-state index contributed by atoms with van der Waals surface area (Å²) in [6.07, 6.45) is -0.371. The molecule has 88 valence electrons. The number of aliphatic hydroxyl groups excluding tert-OH is 1. The Hall–Kier alpha value is -1.10. The predicted octanol–water partition coefficient (Wildman–Crippen LogP) is 0.644. The second kappa shape index (κ2) is 8.23. The Bertz CT molecular complexity index is 202. The third-order valence-corrected chi connectivity index (χ3v) is 1.55. The quantitative estimate of drug-likeness (QED) is 0.635. The van der Waals surface area contributed by atoms with Crippen LogP contribution in [0.25, 0.3) is 0 Å². The number of carbonyl (C=O) groups excluding carboxylic acids is 2. The van der Waals surface area contributed by atoms with Crippen LogP contribution in [0.4, 0.5) is 0 Å². The summed E-state index contributed by atoms with van der Waals surface area (Å²) < 4.78 is 9.37. The summed E-state index contributed by atoms with van der Waals surface area (Å²) in [5.74, 6) is -1.36. The minimum Gasteiger partial charge on any atom is -0.466 e. The van der Waals surface area contributed by atoms with Crippen molar-refractivity contribution in [3.63, 3.8) is 0 Å². The van der Waals surface area contributed by atoms with Crippen molar-refractivity contribution in [3.8, 4) is 0 Å². The van der Waals surface area contributed by atoms with Gasteiger partial charge in [-0.15, -0.1) is 0 Å². The van der Waals surface area contributed by atoms with E-state index in [1.165, 1.54) is 0 Å². The molecule has 0 amide bonds. The highest BCUT2D eigenvalue weighted by Gasteiger charge is 2.20.